The molecule has 8 nitrogen and oxygen atoms in total. The van der Waals surface area contributed by atoms with Gasteiger partial charge in [0.2, 0.25) is 0 Å². The van der Waals surface area contributed by atoms with Crippen molar-refractivity contribution < 1.29 is 0 Å². The Kier molecular flexibility index (Phi) is 3.73. The summed E-state index contributed by atoms with van der Waals surface area (Å²) in [5, 5.41) is 9.71. The summed E-state index contributed by atoms with van der Waals surface area (Å²) < 4.78 is 2.03. The van der Waals surface area contributed by atoms with Gasteiger partial charge in [-0.3, -0.25) is 20.1 Å². The molecule has 0 aliphatic heterocycles. The van der Waals surface area contributed by atoms with Gasteiger partial charge < -0.3 is 9.55 Å². The Hall–Kier alpha value is -4.33. The normalized spacial score (nSPS) is 11.5. The van der Waals surface area contributed by atoms with Gasteiger partial charge in [0.15, 0.2) is 0 Å². The minimum absolute atomic E-state index is 0.842. The summed E-state index contributed by atoms with van der Waals surface area (Å²) in [6.07, 6.45) is 9.03. The molecule has 6 rings (SSSR count). The van der Waals surface area contributed by atoms with Crippen molar-refractivity contribution in [3.05, 3.63) is 67.1 Å². The van der Waals surface area contributed by atoms with E-state index in [1.165, 1.54) is 0 Å². The van der Waals surface area contributed by atoms with Crippen LogP contribution < -0.4 is 0 Å². The highest BCUT2D eigenvalue weighted by molar-refractivity contribution is 6.00. The third kappa shape index (κ3) is 2.72. The monoisotopic (exact) mass is 406 g/mol. The first kappa shape index (κ1) is 17.5. The minimum Gasteiger partial charge on any atom is -0.353 e. The van der Waals surface area contributed by atoms with Crippen molar-refractivity contribution in [2.45, 2.75) is 6.92 Å². The van der Waals surface area contributed by atoms with E-state index in [1.807, 2.05) is 55.3 Å². The first-order chi connectivity index (χ1) is 15.2. The maximum absolute atomic E-state index is 4.60. The predicted molar refractivity (Wildman–Crippen MR) is 119 cm³/mol. The third-order valence-electron chi connectivity index (χ3n) is 5.69. The molecule has 0 aromatic carbocycles. The zero-order valence-electron chi connectivity index (χ0n) is 17.0. The van der Waals surface area contributed by atoms with Crippen molar-refractivity contribution in [3.63, 3.8) is 0 Å². The highest BCUT2D eigenvalue weighted by Crippen LogP contribution is 2.33. The van der Waals surface area contributed by atoms with Crippen molar-refractivity contribution in [3.8, 4) is 34.0 Å². The number of hydrogen-bond acceptors (Lipinski definition) is 5. The molecular formula is C23H18N8. The number of imidazole rings is 1. The molecule has 0 spiro atoms. The van der Waals surface area contributed by atoms with Crippen molar-refractivity contribution in [1.82, 2.24) is 39.7 Å². The molecule has 0 atom stereocenters. The summed E-state index contributed by atoms with van der Waals surface area (Å²) in [7, 11) is 1.99. The van der Waals surface area contributed by atoms with E-state index in [1.54, 1.807) is 12.4 Å². The molecule has 6 heterocycles. The van der Waals surface area contributed by atoms with Crippen molar-refractivity contribution in [2.24, 2.45) is 7.05 Å². The standard InChI is InChI=1S/C23H18N8/c1-13-26-12-21(31(13)2)18-9-16-20(11-27-18)29-30-23(16)19-10-15-17(28-19)5-8-25-22(15)14-3-6-24-7-4-14/h3-12,28H,1-2H3,(H,29,30). The zero-order chi connectivity index (χ0) is 20.9. The van der Waals surface area contributed by atoms with Crippen molar-refractivity contribution in [1.29, 1.82) is 0 Å². The number of rotatable bonds is 3. The van der Waals surface area contributed by atoms with Gasteiger partial charge >= 0.3 is 0 Å². The van der Waals surface area contributed by atoms with Crippen LogP contribution in [0.3, 0.4) is 0 Å². The molecule has 0 radical (unpaired) electrons. The Morgan fingerprint density at radius 3 is 2.48 bits per heavy atom. The number of H-pyrrole nitrogens is 2. The molecule has 0 saturated heterocycles. The maximum atomic E-state index is 4.60. The van der Waals surface area contributed by atoms with E-state index in [-0.39, 0.29) is 0 Å². The number of pyridine rings is 3. The van der Waals surface area contributed by atoms with Gasteiger partial charge in [-0.1, -0.05) is 0 Å². The fourth-order valence-electron chi connectivity index (χ4n) is 3.92. The summed E-state index contributed by atoms with van der Waals surface area (Å²) in [4.78, 5) is 21.2. The van der Waals surface area contributed by atoms with Crippen LogP contribution in [0.25, 0.3) is 55.8 Å². The number of aryl methyl sites for hydroxylation is 1. The average Bonchev–Trinajstić information content (AvgIpc) is 3.50. The summed E-state index contributed by atoms with van der Waals surface area (Å²) >= 11 is 0. The lowest BCUT2D eigenvalue weighted by Gasteiger charge is -2.03. The van der Waals surface area contributed by atoms with Gasteiger partial charge in [0, 0.05) is 47.5 Å². The molecule has 0 aliphatic carbocycles. The number of nitrogens with zero attached hydrogens (tertiary/aromatic N) is 6. The van der Waals surface area contributed by atoms with Crippen LogP contribution in [0, 0.1) is 6.92 Å². The summed E-state index contributed by atoms with van der Waals surface area (Å²) in [6.45, 7) is 1.98. The fraction of sp³-hybridized carbons (Fsp3) is 0.0870. The van der Waals surface area contributed by atoms with Crippen LogP contribution >= 0.6 is 0 Å². The quantitative estimate of drug-likeness (QED) is 0.457. The Bertz CT molecular complexity index is 1560. The Morgan fingerprint density at radius 2 is 1.68 bits per heavy atom. The summed E-state index contributed by atoms with van der Waals surface area (Å²) in [5.41, 5.74) is 7.40. The SMILES string of the molecule is Cc1ncc(-c2cc3c(-c4cc5c(-c6ccncc6)nccc5[nH]4)n[nH]c3cn2)n1C. The second-order valence-corrected chi connectivity index (χ2v) is 7.48. The largest absolute Gasteiger partial charge is 0.353 e. The first-order valence-corrected chi connectivity index (χ1v) is 9.90. The van der Waals surface area contributed by atoms with E-state index in [0.717, 1.165) is 61.7 Å². The number of aromatic amines is 2. The molecule has 31 heavy (non-hydrogen) atoms. The average molecular weight is 406 g/mol. The van der Waals surface area contributed by atoms with Crippen molar-refractivity contribution in [2.75, 3.05) is 0 Å². The van der Waals surface area contributed by atoms with E-state index < -0.39 is 0 Å². The molecule has 0 saturated carbocycles. The number of fused-ring (bicyclic) bond motifs is 2. The van der Waals surface area contributed by atoms with Gasteiger partial charge in [-0.25, -0.2) is 4.98 Å². The van der Waals surface area contributed by atoms with E-state index >= 15 is 0 Å². The first-order valence-electron chi connectivity index (χ1n) is 9.90. The Morgan fingerprint density at radius 1 is 0.839 bits per heavy atom. The van der Waals surface area contributed by atoms with E-state index in [4.69, 9.17) is 0 Å². The molecule has 6 aromatic rings. The summed E-state index contributed by atoms with van der Waals surface area (Å²) in [6, 6.07) is 10.1. The molecule has 0 amide bonds. The molecule has 0 fully saturated rings. The van der Waals surface area contributed by atoms with Gasteiger partial charge in [-0.2, -0.15) is 5.10 Å². The highest BCUT2D eigenvalue weighted by Gasteiger charge is 2.16. The second kappa shape index (κ2) is 6.60. The van der Waals surface area contributed by atoms with E-state index in [9.17, 15) is 0 Å². The van der Waals surface area contributed by atoms with Crippen LogP contribution in [-0.2, 0) is 7.05 Å². The lowest BCUT2D eigenvalue weighted by molar-refractivity contribution is 0.862. The topological polar surface area (TPSA) is 101 Å². The number of nitrogens with one attached hydrogen (secondary N) is 2. The molecule has 8 heteroatoms. The number of hydrogen-bond donors (Lipinski definition) is 2. The number of aromatic nitrogens is 8. The third-order valence-corrected chi connectivity index (χ3v) is 5.69. The Labute approximate surface area is 177 Å². The second-order valence-electron chi connectivity index (χ2n) is 7.48. The van der Waals surface area contributed by atoms with Crippen molar-refractivity contribution >= 4 is 21.8 Å². The molecule has 0 bridgehead atoms. The molecular weight excluding hydrogens is 388 g/mol. The van der Waals surface area contributed by atoms with Gasteiger partial charge in [0.1, 0.15) is 11.5 Å². The molecule has 2 N–H and O–H groups in total. The maximum Gasteiger partial charge on any atom is 0.116 e. The van der Waals surface area contributed by atoms with Gasteiger partial charge in [-0.15, -0.1) is 0 Å². The minimum atomic E-state index is 0.842. The smallest absolute Gasteiger partial charge is 0.116 e. The molecule has 150 valence electrons. The van der Waals surface area contributed by atoms with Crippen LogP contribution in [-0.4, -0.2) is 39.7 Å². The van der Waals surface area contributed by atoms with Crippen LogP contribution in [0.1, 0.15) is 5.82 Å². The van der Waals surface area contributed by atoms with Crippen LogP contribution in [0.4, 0.5) is 0 Å². The van der Waals surface area contributed by atoms with Crippen LogP contribution in [0.5, 0.6) is 0 Å². The van der Waals surface area contributed by atoms with E-state index in [0.29, 0.717) is 0 Å². The lowest BCUT2D eigenvalue weighted by Crippen LogP contribution is -1.95. The van der Waals surface area contributed by atoms with Gasteiger partial charge in [-0.05, 0) is 37.3 Å². The highest BCUT2D eigenvalue weighted by atomic mass is 15.1. The molecule has 0 unspecified atom stereocenters. The Balaban J connectivity index is 1.52. The summed E-state index contributed by atoms with van der Waals surface area (Å²) in [5.74, 6) is 0.941. The van der Waals surface area contributed by atoms with Crippen LogP contribution in [0.15, 0.2) is 61.3 Å². The fourth-order valence-corrected chi connectivity index (χ4v) is 3.92. The van der Waals surface area contributed by atoms with Crippen LogP contribution in [0.2, 0.25) is 0 Å². The molecule has 0 aliphatic rings. The van der Waals surface area contributed by atoms with Gasteiger partial charge in [0.05, 0.1) is 40.7 Å². The van der Waals surface area contributed by atoms with E-state index in [2.05, 4.69) is 47.2 Å². The van der Waals surface area contributed by atoms with Gasteiger partial charge in [0.25, 0.3) is 0 Å². The molecule has 6 aromatic heterocycles. The predicted octanol–water partition coefficient (Wildman–Crippen LogP) is 4.27. The lowest BCUT2D eigenvalue weighted by atomic mass is 10.1. The zero-order valence-corrected chi connectivity index (χ0v) is 17.0.